The van der Waals surface area contributed by atoms with Gasteiger partial charge in [0.2, 0.25) is 0 Å². The van der Waals surface area contributed by atoms with Crippen molar-refractivity contribution in [1.29, 1.82) is 0 Å². The maximum absolute atomic E-state index is 10.4. The second-order valence-electron chi connectivity index (χ2n) is 3.22. The zero-order valence-electron chi connectivity index (χ0n) is 9.85. The number of hydrogen-bond acceptors (Lipinski definition) is 3. The normalized spacial score (nSPS) is 8.00. The van der Waals surface area contributed by atoms with E-state index in [1.807, 2.05) is 18.2 Å². The van der Waals surface area contributed by atoms with E-state index in [2.05, 4.69) is 4.98 Å². The van der Waals surface area contributed by atoms with Gasteiger partial charge in [-0.3, -0.25) is 4.98 Å². The van der Waals surface area contributed by atoms with Crippen LogP contribution in [0.5, 0.6) is 0 Å². The number of rotatable bonds is 2. The Morgan fingerprint density at radius 1 is 0.850 bits per heavy atom. The van der Waals surface area contributed by atoms with Crippen molar-refractivity contribution in [3.05, 3.63) is 66.0 Å². The molecule has 0 aliphatic carbocycles. The molecule has 1 aromatic heterocycles. The first-order valence-corrected chi connectivity index (χ1v) is 5.03. The Morgan fingerprint density at radius 3 is 1.55 bits per heavy atom. The van der Waals surface area contributed by atoms with E-state index in [-0.39, 0.29) is 68.0 Å². The third kappa shape index (κ3) is 8.15. The number of benzene rings is 1. The maximum Gasteiger partial charge on any atom is 0.0267 e. The molecule has 2 rings (SSSR count). The van der Waals surface area contributed by atoms with Crippen molar-refractivity contribution in [2.45, 2.75) is 0 Å². The Bertz CT molecular complexity index is 477. The van der Waals surface area contributed by atoms with Crippen LogP contribution >= 0.6 is 0 Å². The summed E-state index contributed by atoms with van der Waals surface area (Å²) >= 11 is 0. The number of aromatic carboxylic acids is 2. The molecule has 0 aliphatic heterocycles. The van der Waals surface area contributed by atoms with Gasteiger partial charge in [-0.05, 0) is 30.3 Å². The molecule has 0 radical (unpaired) electrons. The van der Waals surface area contributed by atoms with Crippen molar-refractivity contribution in [2.24, 2.45) is 0 Å². The van der Waals surface area contributed by atoms with Gasteiger partial charge in [0, 0.05) is 12.4 Å². The summed E-state index contributed by atoms with van der Waals surface area (Å²) in [5.41, 5.74) is -0.0372. The van der Waals surface area contributed by atoms with Crippen molar-refractivity contribution < 1.29 is 25.3 Å². The van der Waals surface area contributed by atoms with Crippen LogP contribution in [0.25, 0.3) is 0 Å². The number of carbonyl (C=O) groups is 2. The molecule has 0 atom stereocenters. The first-order valence-electron chi connectivity index (χ1n) is 5.03. The average molecular weight is 303 g/mol. The number of pyridine rings is 1. The fourth-order valence-electron chi connectivity index (χ4n) is 1.10. The monoisotopic (exact) mass is 303 g/mol. The molecule has 7 heteroatoms. The fraction of sp³-hybridized carbons (Fsp3) is 0. The van der Waals surface area contributed by atoms with Crippen LogP contribution in [-0.4, -0.2) is 84.0 Å². The van der Waals surface area contributed by atoms with Gasteiger partial charge in [-0.2, -0.15) is 0 Å². The minimum Gasteiger partial charge on any atom is -0.265 e. The first kappa shape index (κ1) is 21.2. The summed E-state index contributed by atoms with van der Waals surface area (Å²) in [5, 5.41) is 17.0. The third-order valence-corrected chi connectivity index (χ3v) is 1.92. The van der Waals surface area contributed by atoms with Gasteiger partial charge < -0.3 is 15.7 Å². The van der Waals surface area contributed by atoms with Crippen molar-refractivity contribution in [3.8, 4) is 0 Å². The maximum atomic E-state index is 10.4. The standard InChI is InChI=1S/C8H6O4.C5H5N.K.H2O.H/c9-7(10)5-2-1-3-6(4-5)8(11)12;1-2-4-6-5-3-1;;;/h1-4H,(H,9,10)(H,11,12);1-5H;;1H2;. The van der Waals surface area contributed by atoms with Crippen LogP contribution in [0.15, 0.2) is 54.9 Å². The molecule has 0 bridgehead atoms. The molecule has 102 valence electrons. The van der Waals surface area contributed by atoms with E-state index in [9.17, 15) is 9.59 Å². The summed E-state index contributed by atoms with van der Waals surface area (Å²) in [5.74, 6) is -2.25. The van der Waals surface area contributed by atoms with E-state index < -0.39 is 11.9 Å². The van der Waals surface area contributed by atoms with Crippen molar-refractivity contribution in [1.82, 2.24) is 4.98 Å². The molecule has 0 aliphatic rings. The van der Waals surface area contributed by atoms with Gasteiger partial charge in [0.05, 0.1) is 11.1 Å². The van der Waals surface area contributed by atoms with E-state index in [1.165, 1.54) is 18.2 Å². The fourth-order valence-corrected chi connectivity index (χ4v) is 1.10. The second-order valence-corrected chi connectivity index (χ2v) is 3.22. The summed E-state index contributed by atoms with van der Waals surface area (Å²) < 4.78 is 0. The summed E-state index contributed by atoms with van der Waals surface area (Å²) in [6.45, 7) is 0. The Morgan fingerprint density at radius 2 is 1.30 bits per heavy atom. The SMILES string of the molecule is O.O=C(O)c1cccc(C(=O)O)c1.[KH].c1ccncc1. The van der Waals surface area contributed by atoms with Crippen LogP contribution in [0.1, 0.15) is 20.7 Å². The third-order valence-electron chi connectivity index (χ3n) is 1.92. The van der Waals surface area contributed by atoms with Crippen molar-refractivity contribution >= 4 is 63.3 Å². The van der Waals surface area contributed by atoms with Crippen molar-refractivity contribution in [2.75, 3.05) is 0 Å². The first-order chi connectivity index (χ1) is 8.61. The zero-order valence-corrected chi connectivity index (χ0v) is 9.85. The number of aromatic nitrogens is 1. The van der Waals surface area contributed by atoms with Gasteiger partial charge in [-0.1, -0.05) is 12.1 Å². The molecule has 20 heavy (non-hydrogen) atoms. The number of carboxylic acid groups (broad SMARTS) is 2. The van der Waals surface area contributed by atoms with E-state index in [0.717, 1.165) is 6.07 Å². The quantitative estimate of drug-likeness (QED) is 0.791. The summed E-state index contributed by atoms with van der Waals surface area (Å²) in [6.07, 6.45) is 3.50. The number of nitrogens with zero attached hydrogens (tertiary/aromatic N) is 1. The molecular formula is C13H14KNO5. The molecule has 0 saturated heterocycles. The van der Waals surface area contributed by atoms with Crippen LogP contribution in [0.4, 0.5) is 0 Å². The van der Waals surface area contributed by atoms with Gasteiger partial charge in [0.25, 0.3) is 0 Å². The Balaban J connectivity index is 0. The van der Waals surface area contributed by atoms with E-state index >= 15 is 0 Å². The van der Waals surface area contributed by atoms with Gasteiger partial charge in [-0.15, -0.1) is 0 Å². The summed E-state index contributed by atoms with van der Waals surface area (Å²) in [6, 6.07) is 10.9. The van der Waals surface area contributed by atoms with Crippen LogP contribution in [-0.2, 0) is 0 Å². The van der Waals surface area contributed by atoms with Gasteiger partial charge in [0.15, 0.2) is 0 Å². The largest absolute Gasteiger partial charge is 0.265 e. The molecule has 0 saturated carbocycles. The van der Waals surface area contributed by atoms with Gasteiger partial charge in [-0.25, -0.2) is 9.59 Å². The molecule has 0 fully saturated rings. The smallest absolute Gasteiger partial charge is 0.0267 e. The zero-order chi connectivity index (χ0) is 13.4. The molecule has 0 unspecified atom stereocenters. The van der Waals surface area contributed by atoms with E-state index in [1.54, 1.807) is 12.4 Å². The van der Waals surface area contributed by atoms with Crippen LogP contribution in [0.3, 0.4) is 0 Å². The van der Waals surface area contributed by atoms with E-state index in [0.29, 0.717) is 0 Å². The topological polar surface area (TPSA) is 119 Å². The van der Waals surface area contributed by atoms with Crippen LogP contribution in [0.2, 0.25) is 0 Å². The predicted octanol–water partition coefficient (Wildman–Crippen LogP) is 0.691. The molecule has 2 aromatic rings. The van der Waals surface area contributed by atoms with Crippen LogP contribution in [0, 0.1) is 0 Å². The molecule has 6 nitrogen and oxygen atoms in total. The Hall–Kier alpha value is -1.09. The van der Waals surface area contributed by atoms with Crippen molar-refractivity contribution in [3.63, 3.8) is 0 Å². The Kier molecular flexibility index (Phi) is 12.4. The molecule has 0 amide bonds. The predicted molar refractivity (Wildman–Crippen MR) is 75.4 cm³/mol. The second kappa shape index (κ2) is 11.7. The Labute approximate surface area is 158 Å². The van der Waals surface area contributed by atoms with Crippen LogP contribution < -0.4 is 0 Å². The van der Waals surface area contributed by atoms with E-state index in [4.69, 9.17) is 10.2 Å². The number of carboxylic acids is 2. The minimum atomic E-state index is -1.13. The number of hydrogen-bond donors (Lipinski definition) is 2. The average Bonchev–Trinajstić information content (AvgIpc) is 2.41. The molecular weight excluding hydrogens is 289 g/mol. The summed E-state index contributed by atoms with van der Waals surface area (Å²) in [7, 11) is 0. The molecule has 4 N–H and O–H groups in total. The molecule has 1 aromatic carbocycles. The summed E-state index contributed by atoms with van der Waals surface area (Å²) in [4.78, 5) is 24.6. The van der Waals surface area contributed by atoms with Gasteiger partial charge in [0.1, 0.15) is 0 Å². The van der Waals surface area contributed by atoms with Gasteiger partial charge >= 0.3 is 63.3 Å². The minimum absolute atomic E-state index is 0. The molecule has 1 heterocycles. The molecule has 0 spiro atoms.